The van der Waals surface area contributed by atoms with E-state index in [1.807, 2.05) is 32.9 Å². The summed E-state index contributed by atoms with van der Waals surface area (Å²) in [5.74, 6) is -0.0123. The topological polar surface area (TPSA) is 96.0 Å². The molecule has 2 aromatic carbocycles. The quantitative estimate of drug-likeness (QED) is 0.603. The summed E-state index contributed by atoms with van der Waals surface area (Å²) in [7, 11) is 0. The standard InChI is InChI=1S/C22H23N5O2/c1-13-9-14(2)20(15(3)10-13)27-21(29)17-11-23-22(24-12-17)26-19-7-5-18(6-8-19)25-16(4)28/h5-12H,1-4H3,(H,25,28)(H,27,29)(H,23,24,26). The van der Waals surface area contributed by atoms with Gasteiger partial charge in [0.2, 0.25) is 11.9 Å². The molecule has 3 aromatic rings. The molecule has 0 radical (unpaired) electrons. The third kappa shape index (κ3) is 5.16. The van der Waals surface area contributed by atoms with Crippen LogP contribution in [-0.2, 0) is 4.79 Å². The zero-order valence-electron chi connectivity index (χ0n) is 16.8. The molecule has 0 aliphatic heterocycles. The first kappa shape index (κ1) is 20.0. The number of amides is 2. The van der Waals surface area contributed by atoms with Crippen LogP contribution in [0.3, 0.4) is 0 Å². The molecule has 148 valence electrons. The van der Waals surface area contributed by atoms with Crippen molar-refractivity contribution in [2.75, 3.05) is 16.0 Å². The van der Waals surface area contributed by atoms with Crippen molar-refractivity contribution in [3.05, 3.63) is 71.0 Å². The predicted molar refractivity (Wildman–Crippen MR) is 115 cm³/mol. The highest BCUT2D eigenvalue weighted by Gasteiger charge is 2.11. The van der Waals surface area contributed by atoms with Crippen LogP contribution in [0.4, 0.5) is 23.0 Å². The number of benzene rings is 2. The van der Waals surface area contributed by atoms with Crippen LogP contribution >= 0.6 is 0 Å². The lowest BCUT2D eigenvalue weighted by Crippen LogP contribution is -2.15. The molecule has 3 N–H and O–H groups in total. The summed E-state index contributed by atoms with van der Waals surface area (Å²) in [6.07, 6.45) is 2.96. The average molecular weight is 389 g/mol. The molecule has 1 heterocycles. The Hall–Kier alpha value is -3.74. The first-order chi connectivity index (χ1) is 13.8. The Labute approximate surface area is 169 Å². The van der Waals surface area contributed by atoms with Gasteiger partial charge in [-0.05, 0) is 56.2 Å². The highest BCUT2D eigenvalue weighted by molar-refractivity contribution is 6.04. The molecular formula is C22H23N5O2. The molecule has 0 bridgehead atoms. The molecule has 7 heteroatoms. The van der Waals surface area contributed by atoms with Crippen molar-refractivity contribution in [1.82, 2.24) is 9.97 Å². The number of hydrogen-bond acceptors (Lipinski definition) is 5. The van der Waals surface area contributed by atoms with Gasteiger partial charge in [0.15, 0.2) is 0 Å². The van der Waals surface area contributed by atoms with Crippen LogP contribution < -0.4 is 16.0 Å². The number of nitrogens with one attached hydrogen (secondary N) is 3. The Kier molecular flexibility index (Phi) is 5.87. The fourth-order valence-corrected chi connectivity index (χ4v) is 3.04. The lowest BCUT2D eigenvalue weighted by molar-refractivity contribution is -0.114. The lowest BCUT2D eigenvalue weighted by atomic mass is 10.0. The number of anilines is 4. The van der Waals surface area contributed by atoms with Crippen LogP contribution in [0, 0.1) is 20.8 Å². The molecule has 0 fully saturated rings. The maximum Gasteiger partial charge on any atom is 0.258 e. The number of carbonyl (C=O) groups is 2. The second kappa shape index (κ2) is 8.52. The molecule has 0 spiro atoms. The lowest BCUT2D eigenvalue weighted by Gasteiger charge is -2.13. The van der Waals surface area contributed by atoms with Crippen LogP contribution in [0.1, 0.15) is 34.0 Å². The number of aromatic nitrogens is 2. The van der Waals surface area contributed by atoms with Crippen molar-refractivity contribution >= 4 is 34.8 Å². The Morgan fingerprint density at radius 2 is 1.38 bits per heavy atom. The molecule has 0 atom stereocenters. The molecule has 0 unspecified atom stereocenters. The number of carbonyl (C=O) groups excluding carboxylic acids is 2. The van der Waals surface area contributed by atoms with Gasteiger partial charge >= 0.3 is 0 Å². The van der Waals surface area contributed by atoms with E-state index in [-0.39, 0.29) is 11.8 Å². The summed E-state index contributed by atoms with van der Waals surface area (Å²) in [5, 5.41) is 8.70. The van der Waals surface area contributed by atoms with E-state index >= 15 is 0 Å². The van der Waals surface area contributed by atoms with Crippen LogP contribution in [0.2, 0.25) is 0 Å². The van der Waals surface area contributed by atoms with Gasteiger partial charge in [-0.3, -0.25) is 9.59 Å². The van der Waals surface area contributed by atoms with Crippen LogP contribution in [-0.4, -0.2) is 21.8 Å². The summed E-state index contributed by atoms with van der Waals surface area (Å²) < 4.78 is 0. The van der Waals surface area contributed by atoms with Crippen molar-refractivity contribution in [3.8, 4) is 0 Å². The van der Waals surface area contributed by atoms with Crippen molar-refractivity contribution in [1.29, 1.82) is 0 Å². The minimum Gasteiger partial charge on any atom is -0.326 e. The van der Waals surface area contributed by atoms with Gasteiger partial charge in [0, 0.05) is 36.4 Å². The molecule has 0 aliphatic rings. The van der Waals surface area contributed by atoms with Crippen LogP contribution in [0.25, 0.3) is 0 Å². The van der Waals surface area contributed by atoms with E-state index in [0.717, 1.165) is 28.1 Å². The first-order valence-electron chi connectivity index (χ1n) is 9.18. The summed E-state index contributed by atoms with van der Waals surface area (Å²) >= 11 is 0. The first-order valence-corrected chi connectivity index (χ1v) is 9.18. The maximum absolute atomic E-state index is 12.6. The number of hydrogen-bond donors (Lipinski definition) is 3. The molecule has 0 aliphatic carbocycles. The molecule has 7 nitrogen and oxygen atoms in total. The maximum atomic E-state index is 12.6. The van der Waals surface area contributed by atoms with E-state index in [2.05, 4.69) is 25.9 Å². The van der Waals surface area contributed by atoms with Crippen molar-refractivity contribution in [2.45, 2.75) is 27.7 Å². The van der Waals surface area contributed by atoms with Gasteiger partial charge in [0.1, 0.15) is 0 Å². The normalized spacial score (nSPS) is 10.3. The molecule has 29 heavy (non-hydrogen) atoms. The summed E-state index contributed by atoms with van der Waals surface area (Å²) in [4.78, 5) is 32.0. The molecule has 0 saturated carbocycles. The average Bonchev–Trinajstić information content (AvgIpc) is 2.66. The Morgan fingerprint density at radius 3 is 1.93 bits per heavy atom. The Bertz CT molecular complexity index is 1020. The van der Waals surface area contributed by atoms with Crippen LogP contribution in [0.5, 0.6) is 0 Å². The van der Waals surface area contributed by atoms with Crippen molar-refractivity contribution < 1.29 is 9.59 Å². The number of aryl methyl sites for hydroxylation is 3. The second-order valence-corrected chi connectivity index (χ2v) is 6.91. The van der Waals surface area contributed by atoms with Gasteiger partial charge in [-0.15, -0.1) is 0 Å². The molecular weight excluding hydrogens is 366 g/mol. The number of rotatable bonds is 5. The van der Waals surface area contributed by atoms with Gasteiger partial charge in [0.05, 0.1) is 5.56 Å². The summed E-state index contributed by atoms with van der Waals surface area (Å²) in [5.41, 5.74) is 5.83. The fourth-order valence-electron chi connectivity index (χ4n) is 3.04. The van der Waals surface area contributed by atoms with Gasteiger partial charge in [-0.1, -0.05) is 17.7 Å². The summed E-state index contributed by atoms with van der Waals surface area (Å²) in [6.45, 7) is 7.42. The van der Waals surface area contributed by atoms with Gasteiger partial charge < -0.3 is 16.0 Å². The fraction of sp³-hybridized carbons (Fsp3) is 0.182. The smallest absolute Gasteiger partial charge is 0.258 e. The van der Waals surface area contributed by atoms with E-state index in [1.54, 1.807) is 24.3 Å². The van der Waals surface area contributed by atoms with Gasteiger partial charge in [-0.25, -0.2) is 9.97 Å². The van der Waals surface area contributed by atoms with Crippen molar-refractivity contribution in [2.24, 2.45) is 0 Å². The second-order valence-electron chi connectivity index (χ2n) is 6.91. The van der Waals surface area contributed by atoms with E-state index in [0.29, 0.717) is 17.2 Å². The van der Waals surface area contributed by atoms with Gasteiger partial charge in [-0.2, -0.15) is 0 Å². The largest absolute Gasteiger partial charge is 0.326 e. The zero-order chi connectivity index (χ0) is 21.0. The van der Waals surface area contributed by atoms with E-state index in [1.165, 1.54) is 19.3 Å². The van der Waals surface area contributed by atoms with E-state index in [4.69, 9.17) is 0 Å². The van der Waals surface area contributed by atoms with Gasteiger partial charge in [0.25, 0.3) is 5.91 Å². The minimum atomic E-state index is -0.258. The molecule has 2 amide bonds. The zero-order valence-corrected chi connectivity index (χ0v) is 16.8. The predicted octanol–water partition coefficient (Wildman–Crippen LogP) is 4.36. The highest BCUT2D eigenvalue weighted by Crippen LogP contribution is 2.23. The third-order valence-electron chi connectivity index (χ3n) is 4.29. The minimum absolute atomic E-state index is 0.126. The molecule has 0 saturated heterocycles. The Balaban J connectivity index is 1.67. The monoisotopic (exact) mass is 389 g/mol. The van der Waals surface area contributed by atoms with E-state index in [9.17, 15) is 9.59 Å². The molecule has 1 aromatic heterocycles. The van der Waals surface area contributed by atoms with Crippen molar-refractivity contribution in [3.63, 3.8) is 0 Å². The van der Waals surface area contributed by atoms with E-state index < -0.39 is 0 Å². The summed E-state index contributed by atoms with van der Waals surface area (Å²) in [6, 6.07) is 11.2. The Morgan fingerprint density at radius 1 is 0.828 bits per heavy atom. The number of nitrogens with zero attached hydrogens (tertiary/aromatic N) is 2. The third-order valence-corrected chi connectivity index (χ3v) is 4.29. The molecule has 3 rings (SSSR count). The SMILES string of the molecule is CC(=O)Nc1ccc(Nc2ncc(C(=O)Nc3c(C)cc(C)cc3C)cn2)cc1. The van der Waals surface area contributed by atoms with Crippen LogP contribution in [0.15, 0.2) is 48.8 Å². The highest BCUT2D eigenvalue weighted by atomic mass is 16.2.